The smallest absolute Gasteiger partial charge is 0.319 e. The largest absolute Gasteiger partial charge is 0.337 e. The van der Waals surface area contributed by atoms with Crippen LogP contribution in [0.15, 0.2) is 18.6 Å². The molecule has 0 radical (unpaired) electrons. The van der Waals surface area contributed by atoms with Crippen molar-refractivity contribution in [3.63, 3.8) is 0 Å². The molecule has 3 heterocycles. The summed E-state index contributed by atoms with van der Waals surface area (Å²) >= 11 is 0. The van der Waals surface area contributed by atoms with E-state index in [0.717, 1.165) is 13.1 Å². The van der Waals surface area contributed by atoms with Crippen LogP contribution in [-0.2, 0) is 0 Å². The molecule has 21 heavy (non-hydrogen) atoms. The van der Waals surface area contributed by atoms with Crippen molar-refractivity contribution in [2.24, 2.45) is 11.8 Å². The van der Waals surface area contributed by atoms with Gasteiger partial charge in [0.1, 0.15) is 5.69 Å². The third kappa shape index (κ3) is 2.55. The molecule has 2 aliphatic rings. The maximum atomic E-state index is 12.3. The molecule has 112 valence electrons. The number of nitrogens with zero attached hydrogens (tertiary/aromatic N) is 5. The third-order valence-electron chi connectivity index (χ3n) is 4.21. The van der Waals surface area contributed by atoms with Crippen molar-refractivity contribution in [3.8, 4) is 0 Å². The van der Waals surface area contributed by atoms with Gasteiger partial charge in [-0.1, -0.05) is 0 Å². The summed E-state index contributed by atoms with van der Waals surface area (Å²) in [6.45, 7) is 2.84. The number of hydrogen-bond acceptors (Lipinski definition) is 4. The van der Waals surface area contributed by atoms with Gasteiger partial charge in [-0.3, -0.25) is 9.78 Å². The summed E-state index contributed by atoms with van der Waals surface area (Å²) in [4.78, 5) is 37.6. The molecule has 3 rings (SSSR count). The highest BCUT2D eigenvalue weighted by atomic mass is 16.2. The number of likely N-dealkylation sites (tertiary alicyclic amines) is 2. The molecule has 0 saturated carbocycles. The van der Waals surface area contributed by atoms with Crippen LogP contribution in [0.25, 0.3) is 0 Å². The number of hydrogen-bond donors (Lipinski definition) is 0. The highest BCUT2D eigenvalue weighted by Crippen LogP contribution is 2.32. The molecule has 1 aromatic heterocycles. The Morgan fingerprint density at radius 3 is 2.24 bits per heavy atom. The Hall–Kier alpha value is -2.18. The number of carbonyl (C=O) groups is 2. The van der Waals surface area contributed by atoms with Crippen molar-refractivity contribution in [1.29, 1.82) is 0 Å². The zero-order chi connectivity index (χ0) is 15.0. The average molecular weight is 289 g/mol. The van der Waals surface area contributed by atoms with E-state index in [1.807, 2.05) is 9.80 Å². The summed E-state index contributed by atoms with van der Waals surface area (Å²) in [5, 5.41) is 0. The van der Waals surface area contributed by atoms with Crippen LogP contribution in [0.1, 0.15) is 10.5 Å². The summed E-state index contributed by atoms with van der Waals surface area (Å²) in [6, 6.07) is 0.0520. The van der Waals surface area contributed by atoms with Gasteiger partial charge >= 0.3 is 6.03 Å². The molecule has 0 bridgehead atoms. The number of amides is 3. The first-order chi connectivity index (χ1) is 10.1. The second kappa shape index (κ2) is 5.31. The minimum Gasteiger partial charge on any atom is -0.337 e. The fourth-order valence-corrected chi connectivity index (χ4v) is 3.17. The van der Waals surface area contributed by atoms with Gasteiger partial charge in [0.25, 0.3) is 5.91 Å². The Bertz CT molecular complexity index is 534. The summed E-state index contributed by atoms with van der Waals surface area (Å²) in [7, 11) is 3.53. The van der Waals surface area contributed by atoms with Crippen LogP contribution in [0.4, 0.5) is 4.79 Å². The van der Waals surface area contributed by atoms with E-state index in [1.54, 1.807) is 25.2 Å². The van der Waals surface area contributed by atoms with Crippen LogP contribution >= 0.6 is 0 Å². The summed E-state index contributed by atoms with van der Waals surface area (Å²) in [5.41, 5.74) is 0.388. The minimum absolute atomic E-state index is 0.0520. The molecule has 0 aromatic carbocycles. The van der Waals surface area contributed by atoms with Crippen molar-refractivity contribution >= 4 is 11.9 Å². The predicted molar refractivity (Wildman–Crippen MR) is 75.6 cm³/mol. The predicted octanol–water partition coefficient (Wildman–Crippen LogP) is 0.162. The fourth-order valence-electron chi connectivity index (χ4n) is 3.17. The quantitative estimate of drug-likeness (QED) is 0.738. The van der Waals surface area contributed by atoms with Crippen molar-refractivity contribution in [3.05, 3.63) is 24.3 Å². The SMILES string of the molecule is CN(C)C(=O)N1C[C@H]2CN(C(=O)c3cnccn3)C[C@H]2C1. The van der Waals surface area contributed by atoms with Gasteiger partial charge in [-0.25, -0.2) is 9.78 Å². The summed E-state index contributed by atoms with van der Waals surface area (Å²) in [5.74, 6) is 0.673. The number of rotatable bonds is 1. The third-order valence-corrected chi connectivity index (χ3v) is 4.21. The van der Waals surface area contributed by atoms with Gasteiger partial charge in [0.15, 0.2) is 0 Å². The molecule has 0 unspecified atom stereocenters. The van der Waals surface area contributed by atoms with E-state index in [2.05, 4.69) is 9.97 Å². The molecule has 0 spiro atoms. The normalized spacial score (nSPS) is 24.1. The fraction of sp³-hybridized carbons (Fsp3) is 0.571. The number of fused-ring (bicyclic) bond motifs is 1. The zero-order valence-corrected chi connectivity index (χ0v) is 12.3. The lowest BCUT2D eigenvalue weighted by Crippen LogP contribution is -2.40. The summed E-state index contributed by atoms with van der Waals surface area (Å²) < 4.78 is 0. The van der Waals surface area contributed by atoms with E-state index in [0.29, 0.717) is 30.6 Å². The molecule has 2 aliphatic heterocycles. The topological polar surface area (TPSA) is 69.6 Å². The van der Waals surface area contributed by atoms with Gasteiger partial charge < -0.3 is 14.7 Å². The Balaban J connectivity index is 1.62. The molecular weight excluding hydrogens is 270 g/mol. The maximum Gasteiger partial charge on any atom is 0.319 e. The van der Waals surface area contributed by atoms with Crippen molar-refractivity contribution in [2.45, 2.75) is 0 Å². The van der Waals surface area contributed by atoms with Crippen molar-refractivity contribution in [1.82, 2.24) is 24.7 Å². The highest BCUT2D eigenvalue weighted by Gasteiger charge is 2.43. The second-order valence-corrected chi connectivity index (χ2v) is 5.90. The molecule has 2 fully saturated rings. The van der Waals surface area contributed by atoms with E-state index < -0.39 is 0 Å². The first-order valence-electron chi connectivity index (χ1n) is 7.07. The number of aromatic nitrogens is 2. The van der Waals surface area contributed by atoms with Crippen LogP contribution in [0, 0.1) is 11.8 Å². The first kappa shape index (κ1) is 13.8. The zero-order valence-electron chi connectivity index (χ0n) is 12.3. The molecule has 7 nitrogen and oxygen atoms in total. The number of urea groups is 1. The van der Waals surface area contributed by atoms with E-state index in [-0.39, 0.29) is 11.9 Å². The highest BCUT2D eigenvalue weighted by molar-refractivity contribution is 5.92. The minimum atomic E-state index is -0.0667. The average Bonchev–Trinajstić information content (AvgIpc) is 3.05. The molecule has 2 saturated heterocycles. The maximum absolute atomic E-state index is 12.3. The van der Waals surface area contributed by atoms with Gasteiger partial charge in [-0.05, 0) is 0 Å². The van der Waals surface area contributed by atoms with Gasteiger partial charge in [0.2, 0.25) is 0 Å². The van der Waals surface area contributed by atoms with Crippen LogP contribution in [-0.4, -0.2) is 76.9 Å². The molecule has 2 atom stereocenters. The monoisotopic (exact) mass is 289 g/mol. The Kier molecular flexibility index (Phi) is 3.48. The van der Waals surface area contributed by atoms with Gasteiger partial charge in [-0.15, -0.1) is 0 Å². The molecule has 7 heteroatoms. The van der Waals surface area contributed by atoms with E-state index >= 15 is 0 Å². The first-order valence-corrected chi connectivity index (χ1v) is 7.07. The molecule has 3 amide bonds. The van der Waals surface area contributed by atoms with Crippen LogP contribution in [0.3, 0.4) is 0 Å². The van der Waals surface area contributed by atoms with E-state index in [4.69, 9.17) is 0 Å². The lowest BCUT2D eigenvalue weighted by Gasteiger charge is -2.24. The second-order valence-electron chi connectivity index (χ2n) is 5.90. The van der Waals surface area contributed by atoms with E-state index in [9.17, 15) is 9.59 Å². The molecule has 1 aromatic rings. The standard InChI is InChI=1S/C14H19N5O2/c1-17(2)14(21)19-8-10-6-18(7-11(10)9-19)13(20)12-5-15-3-4-16-12/h3-5,10-11H,6-9H2,1-2H3/t10-,11+. The molecular formula is C14H19N5O2. The molecule has 0 N–H and O–H groups in total. The summed E-state index contributed by atoms with van der Waals surface area (Å²) in [6.07, 6.45) is 4.58. The Morgan fingerprint density at radius 2 is 1.71 bits per heavy atom. The van der Waals surface area contributed by atoms with E-state index in [1.165, 1.54) is 12.4 Å². The number of carbonyl (C=O) groups excluding carboxylic acids is 2. The Morgan fingerprint density at radius 1 is 1.10 bits per heavy atom. The van der Waals surface area contributed by atoms with Crippen LogP contribution in [0.2, 0.25) is 0 Å². The Labute approximate surface area is 123 Å². The van der Waals surface area contributed by atoms with Gasteiger partial charge in [0, 0.05) is 64.5 Å². The van der Waals surface area contributed by atoms with Crippen molar-refractivity contribution < 1.29 is 9.59 Å². The van der Waals surface area contributed by atoms with Gasteiger partial charge in [0.05, 0.1) is 6.20 Å². The lowest BCUT2D eigenvalue weighted by atomic mass is 10.0. The van der Waals surface area contributed by atoms with Crippen LogP contribution in [0.5, 0.6) is 0 Å². The molecule has 0 aliphatic carbocycles. The van der Waals surface area contributed by atoms with Gasteiger partial charge in [-0.2, -0.15) is 0 Å². The van der Waals surface area contributed by atoms with Crippen LogP contribution < -0.4 is 0 Å². The lowest BCUT2D eigenvalue weighted by molar-refractivity contribution is 0.0769. The van der Waals surface area contributed by atoms with Crippen molar-refractivity contribution in [2.75, 3.05) is 40.3 Å².